The highest BCUT2D eigenvalue weighted by molar-refractivity contribution is 6.33. The molecule has 0 saturated carbocycles. The van der Waals surface area contributed by atoms with Gasteiger partial charge in [-0.3, -0.25) is 4.68 Å². The molecule has 2 aromatic heterocycles. The fourth-order valence-corrected chi connectivity index (χ4v) is 3.35. The molecule has 7 nitrogen and oxygen atoms in total. The first-order valence-corrected chi connectivity index (χ1v) is 8.31. The molecule has 1 aliphatic rings. The van der Waals surface area contributed by atoms with Crippen molar-refractivity contribution >= 4 is 40.1 Å². The predicted octanol–water partition coefficient (Wildman–Crippen LogP) is 2.06. The maximum Gasteiger partial charge on any atom is 0.229 e. The van der Waals surface area contributed by atoms with E-state index in [4.69, 9.17) is 17.3 Å². The minimum absolute atomic E-state index is 0.333. The maximum atomic E-state index is 13.2. The number of rotatable bonds is 2. The number of benzene rings is 1. The van der Waals surface area contributed by atoms with Crippen LogP contribution in [0.15, 0.2) is 24.4 Å². The van der Waals surface area contributed by atoms with Crippen LogP contribution in [0.1, 0.15) is 0 Å². The molecule has 0 unspecified atom stereocenters. The van der Waals surface area contributed by atoms with Gasteiger partial charge in [0, 0.05) is 33.2 Å². The summed E-state index contributed by atoms with van der Waals surface area (Å²) in [4.78, 5) is 13.2. The average molecular weight is 362 g/mol. The Hall–Kier alpha value is -2.61. The number of halogens is 2. The van der Waals surface area contributed by atoms with E-state index < -0.39 is 0 Å². The second-order valence-electron chi connectivity index (χ2n) is 5.98. The van der Waals surface area contributed by atoms with Crippen LogP contribution in [-0.4, -0.2) is 45.9 Å². The fraction of sp³-hybridized carbons (Fsp3) is 0.312. The van der Waals surface area contributed by atoms with Gasteiger partial charge in [0.15, 0.2) is 5.65 Å². The zero-order valence-electron chi connectivity index (χ0n) is 13.7. The third kappa shape index (κ3) is 2.82. The van der Waals surface area contributed by atoms with E-state index in [-0.39, 0.29) is 5.82 Å². The molecule has 1 fully saturated rings. The highest BCUT2D eigenvalue weighted by atomic mass is 35.5. The second kappa shape index (κ2) is 6.03. The molecule has 0 atom stereocenters. The van der Waals surface area contributed by atoms with Crippen molar-refractivity contribution in [3.8, 4) is 0 Å². The molecule has 4 rings (SSSR count). The summed E-state index contributed by atoms with van der Waals surface area (Å²) in [5.74, 6) is 0.691. The normalized spacial score (nSPS) is 15.2. The summed E-state index contributed by atoms with van der Waals surface area (Å²) in [5.41, 5.74) is 7.59. The molecule has 1 aromatic carbocycles. The Morgan fingerprint density at radius 2 is 1.84 bits per heavy atom. The smallest absolute Gasteiger partial charge is 0.229 e. The zero-order valence-corrected chi connectivity index (χ0v) is 14.4. The third-order valence-corrected chi connectivity index (χ3v) is 4.73. The molecule has 0 spiro atoms. The third-order valence-electron chi connectivity index (χ3n) is 4.42. The van der Waals surface area contributed by atoms with Gasteiger partial charge in [-0.05, 0) is 18.2 Å². The average Bonchev–Trinajstić information content (AvgIpc) is 2.97. The molecule has 1 aliphatic heterocycles. The van der Waals surface area contributed by atoms with E-state index in [0.29, 0.717) is 22.4 Å². The van der Waals surface area contributed by atoms with E-state index in [1.165, 1.54) is 12.1 Å². The standard InChI is InChI=1S/C16H17ClFN7/c1-23-15-11(9-20-23)14(19)21-16(22-15)25-6-4-24(5-7-25)13-3-2-10(18)8-12(13)17/h2-3,8-9H,4-7H2,1H3,(H2,19,21,22). The molecule has 2 N–H and O–H groups in total. The number of piperazine rings is 1. The van der Waals surface area contributed by atoms with Gasteiger partial charge < -0.3 is 15.5 Å². The van der Waals surface area contributed by atoms with Crippen molar-refractivity contribution in [3.05, 3.63) is 35.2 Å². The van der Waals surface area contributed by atoms with Crippen LogP contribution in [0.4, 0.5) is 21.8 Å². The number of hydrogen-bond donors (Lipinski definition) is 1. The highest BCUT2D eigenvalue weighted by Gasteiger charge is 2.22. The van der Waals surface area contributed by atoms with Crippen molar-refractivity contribution in [3.63, 3.8) is 0 Å². The van der Waals surface area contributed by atoms with Gasteiger partial charge in [-0.15, -0.1) is 0 Å². The Balaban J connectivity index is 1.55. The maximum absolute atomic E-state index is 13.2. The van der Waals surface area contributed by atoms with Crippen LogP contribution in [0, 0.1) is 5.82 Å². The van der Waals surface area contributed by atoms with Crippen molar-refractivity contribution in [2.24, 2.45) is 7.05 Å². The van der Waals surface area contributed by atoms with Gasteiger partial charge in [0.25, 0.3) is 0 Å². The number of anilines is 3. The van der Waals surface area contributed by atoms with Crippen LogP contribution >= 0.6 is 11.6 Å². The van der Waals surface area contributed by atoms with E-state index in [1.807, 2.05) is 7.05 Å². The Bertz CT molecular complexity index is 934. The molecule has 130 valence electrons. The molecular formula is C16H17ClFN7. The molecule has 9 heteroatoms. The second-order valence-corrected chi connectivity index (χ2v) is 6.39. The van der Waals surface area contributed by atoms with Crippen LogP contribution in [0.2, 0.25) is 5.02 Å². The van der Waals surface area contributed by atoms with Gasteiger partial charge in [-0.1, -0.05) is 11.6 Å². The summed E-state index contributed by atoms with van der Waals surface area (Å²) in [6.07, 6.45) is 1.67. The van der Waals surface area contributed by atoms with Gasteiger partial charge in [0.05, 0.1) is 22.3 Å². The molecular weight excluding hydrogens is 345 g/mol. The minimum atomic E-state index is -0.333. The molecule has 0 radical (unpaired) electrons. The van der Waals surface area contributed by atoms with Crippen molar-refractivity contribution in [1.82, 2.24) is 19.7 Å². The Morgan fingerprint density at radius 3 is 2.56 bits per heavy atom. The lowest BCUT2D eigenvalue weighted by Crippen LogP contribution is -2.47. The molecule has 0 bridgehead atoms. The first-order valence-electron chi connectivity index (χ1n) is 7.93. The van der Waals surface area contributed by atoms with Crippen LogP contribution < -0.4 is 15.5 Å². The number of aryl methyl sites for hydroxylation is 1. The minimum Gasteiger partial charge on any atom is -0.383 e. The van der Waals surface area contributed by atoms with Crippen molar-refractivity contribution < 1.29 is 4.39 Å². The fourth-order valence-electron chi connectivity index (χ4n) is 3.06. The molecule has 0 amide bonds. The topological polar surface area (TPSA) is 76.1 Å². The number of nitrogens with zero attached hydrogens (tertiary/aromatic N) is 6. The largest absolute Gasteiger partial charge is 0.383 e. The van der Waals surface area contributed by atoms with Gasteiger partial charge in [-0.2, -0.15) is 15.1 Å². The monoisotopic (exact) mass is 361 g/mol. The molecule has 1 saturated heterocycles. The first kappa shape index (κ1) is 15.9. The lowest BCUT2D eigenvalue weighted by Gasteiger charge is -2.36. The predicted molar refractivity (Wildman–Crippen MR) is 96.6 cm³/mol. The first-order chi connectivity index (χ1) is 12.0. The van der Waals surface area contributed by atoms with Crippen LogP contribution in [0.25, 0.3) is 11.0 Å². The summed E-state index contributed by atoms with van der Waals surface area (Å²) >= 11 is 6.16. The van der Waals surface area contributed by atoms with Crippen LogP contribution in [-0.2, 0) is 7.05 Å². The molecule has 3 heterocycles. The van der Waals surface area contributed by atoms with E-state index >= 15 is 0 Å². The SMILES string of the molecule is Cn1ncc2c(N)nc(N3CCN(c4ccc(F)cc4Cl)CC3)nc21. The lowest BCUT2D eigenvalue weighted by atomic mass is 10.2. The van der Waals surface area contributed by atoms with Crippen molar-refractivity contribution in [1.29, 1.82) is 0 Å². The van der Waals surface area contributed by atoms with Gasteiger partial charge >= 0.3 is 0 Å². The van der Waals surface area contributed by atoms with Gasteiger partial charge in [0.2, 0.25) is 5.95 Å². The summed E-state index contributed by atoms with van der Waals surface area (Å²) in [5, 5.41) is 5.35. The molecule has 0 aliphatic carbocycles. The zero-order chi connectivity index (χ0) is 17.6. The molecule has 3 aromatic rings. The van der Waals surface area contributed by atoms with Gasteiger partial charge in [-0.25, -0.2) is 4.39 Å². The Morgan fingerprint density at radius 1 is 1.12 bits per heavy atom. The van der Waals surface area contributed by atoms with E-state index in [1.54, 1.807) is 16.9 Å². The van der Waals surface area contributed by atoms with Crippen molar-refractivity contribution in [2.45, 2.75) is 0 Å². The lowest BCUT2D eigenvalue weighted by molar-refractivity contribution is 0.623. The highest BCUT2D eigenvalue weighted by Crippen LogP contribution is 2.28. The summed E-state index contributed by atoms with van der Waals surface area (Å²) < 4.78 is 14.9. The number of hydrogen-bond acceptors (Lipinski definition) is 6. The Labute approximate surface area is 148 Å². The van der Waals surface area contributed by atoms with E-state index in [2.05, 4.69) is 24.9 Å². The van der Waals surface area contributed by atoms with E-state index in [9.17, 15) is 4.39 Å². The summed E-state index contributed by atoms with van der Waals surface area (Å²) in [6, 6.07) is 4.47. The number of fused-ring (bicyclic) bond motifs is 1. The number of nitrogen functional groups attached to an aromatic ring is 1. The van der Waals surface area contributed by atoms with Crippen LogP contribution in [0.5, 0.6) is 0 Å². The number of nitrogens with two attached hydrogens (primary N) is 1. The van der Waals surface area contributed by atoms with Crippen molar-refractivity contribution in [2.75, 3.05) is 41.7 Å². The quantitative estimate of drug-likeness (QED) is 0.753. The molecule has 25 heavy (non-hydrogen) atoms. The van der Waals surface area contributed by atoms with Crippen LogP contribution in [0.3, 0.4) is 0 Å². The van der Waals surface area contributed by atoms with Gasteiger partial charge in [0.1, 0.15) is 11.6 Å². The van der Waals surface area contributed by atoms with E-state index in [0.717, 1.165) is 37.3 Å². The number of aromatic nitrogens is 4. The summed E-state index contributed by atoms with van der Waals surface area (Å²) in [6.45, 7) is 2.91. The summed E-state index contributed by atoms with van der Waals surface area (Å²) in [7, 11) is 1.83. The Kier molecular flexibility index (Phi) is 3.84.